The monoisotopic (exact) mass is 199 g/mol. The van der Waals surface area contributed by atoms with Gasteiger partial charge in [-0.1, -0.05) is 0 Å². The maximum atomic E-state index is 10.7. The molecule has 78 valence electrons. The first-order valence-electron chi connectivity index (χ1n) is 4.24. The van der Waals surface area contributed by atoms with Gasteiger partial charge in [0.25, 0.3) is 5.91 Å². The standard InChI is InChI=1S/C8H13N3O3/c9-8(13)7-5-11(6-10-7)1-3-14-4-2-12/h5-6,12H,1-4H2,(H2,9,13). The van der Waals surface area contributed by atoms with Gasteiger partial charge in [-0.25, -0.2) is 4.98 Å². The van der Waals surface area contributed by atoms with Crippen molar-refractivity contribution in [2.75, 3.05) is 19.8 Å². The average molecular weight is 199 g/mol. The number of carbonyl (C=O) groups is 1. The first-order valence-corrected chi connectivity index (χ1v) is 4.24. The van der Waals surface area contributed by atoms with Crippen molar-refractivity contribution in [1.29, 1.82) is 0 Å². The third-order valence-corrected chi connectivity index (χ3v) is 1.62. The lowest BCUT2D eigenvalue weighted by Crippen LogP contribution is -2.11. The van der Waals surface area contributed by atoms with E-state index >= 15 is 0 Å². The zero-order chi connectivity index (χ0) is 10.4. The molecule has 0 radical (unpaired) electrons. The second-order valence-electron chi connectivity index (χ2n) is 2.70. The Morgan fingerprint density at radius 1 is 1.64 bits per heavy atom. The van der Waals surface area contributed by atoms with Crippen LogP contribution < -0.4 is 5.73 Å². The van der Waals surface area contributed by atoms with Gasteiger partial charge in [0.1, 0.15) is 5.69 Å². The highest BCUT2D eigenvalue weighted by atomic mass is 16.5. The molecule has 1 heterocycles. The van der Waals surface area contributed by atoms with Gasteiger partial charge in [0.05, 0.1) is 26.1 Å². The lowest BCUT2D eigenvalue weighted by Gasteiger charge is -2.02. The van der Waals surface area contributed by atoms with E-state index in [0.717, 1.165) is 0 Å². The Balaban J connectivity index is 2.33. The second-order valence-corrected chi connectivity index (χ2v) is 2.70. The molecule has 0 bridgehead atoms. The van der Waals surface area contributed by atoms with Gasteiger partial charge in [0, 0.05) is 12.7 Å². The first-order chi connectivity index (χ1) is 6.74. The Bertz CT molecular complexity index is 298. The van der Waals surface area contributed by atoms with Gasteiger partial charge in [-0.15, -0.1) is 0 Å². The minimum Gasteiger partial charge on any atom is -0.394 e. The van der Waals surface area contributed by atoms with Crippen LogP contribution in [0.15, 0.2) is 12.5 Å². The molecule has 0 fully saturated rings. The molecule has 0 aliphatic rings. The van der Waals surface area contributed by atoms with E-state index in [0.29, 0.717) is 19.8 Å². The van der Waals surface area contributed by atoms with Crippen LogP contribution in [0.4, 0.5) is 0 Å². The van der Waals surface area contributed by atoms with Gasteiger partial charge >= 0.3 is 0 Å². The summed E-state index contributed by atoms with van der Waals surface area (Å²) in [6.45, 7) is 1.38. The smallest absolute Gasteiger partial charge is 0.268 e. The van der Waals surface area contributed by atoms with Gasteiger partial charge in [0.15, 0.2) is 0 Å². The van der Waals surface area contributed by atoms with Crippen LogP contribution in [0.3, 0.4) is 0 Å². The molecule has 6 heteroatoms. The molecule has 1 aromatic heterocycles. The molecular weight excluding hydrogens is 186 g/mol. The van der Waals surface area contributed by atoms with E-state index in [-0.39, 0.29) is 12.3 Å². The maximum absolute atomic E-state index is 10.7. The minimum atomic E-state index is -0.542. The number of aromatic nitrogens is 2. The number of primary amides is 1. The lowest BCUT2D eigenvalue weighted by molar-refractivity contribution is 0.0869. The highest BCUT2D eigenvalue weighted by Crippen LogP contribution is 1.94. The van der Waals surface area contributed by atoms with E-state index in [1.165, 1.54) is 6.33 Å². The van der Waals surface area contributed by atoms with E-state index in [9.17, 15) is 4.79 Å². The van der Waals surface area contributed by atoms with E-state index in [2.05, 4.69) is 4.98 Å². The number of hydrogen-bond donors (Lipinski definition) is 2. The Kier molecular flexibility index (Phi) is 4.09. The average Bonchev–Trinajstić information content (AvgIpc) is 2.61. The van der Waals surface area contributed by atoms with E-state index in [1.807, 2.05) is 0 Å². The zero-order valence-electron chi connectivity index (χ0n) is 7.72. The molecule has 0 unspecified atom stereocenters. The summed E-state index contributed by atoms with van der Waals surface area (Å²) in [6.07, 6.45) is 3.08. The molecule has 0 aliphatic heterocycles. The van der Waals surface area contributed by atoms with E-state index in [4.69, 9.17) is 15.6 Å². The van der Waals surface area contributed by atoms with Crippen molar-refractivity contribution in [2.24, 2.45) is 5.73 Å². The van der Waals surface area contributed by atoms with Crippen LogP contribution in [0.25, 0.3) is 0 Å². The molecule has 0 saturated carbocycles. The predicted octanol–water partition coefficient (Wildman–Crippen LogP) is -1.01. The number of aliphatic hydroxyl groups is 1. The lowest BCUT2D eigenvalue weighted by atomic mass is 10.5. The fourth-order valence-electron chi connectivity index (χ4n) is 0.946. The van der Waals surface area contributed by atoms with Crippen molar-refractivity contribution in [3.63, 3.8) is 0 Å². The summed E-state index contributed by atoms with van der Waals surface area (Å²) >= 11 is 0. The summed E-state index contributed by atoms with van der Waals surface area (Å²) in [4.78, 5) is 14.5. The number of aliphatic hydroxyl groups excluding tert-OH is 1. The number of hydrogen-bond acceptors (Lipinski definition) is 4. The summed E-state index contributed by atoms with van der Waals surface area (Å²) in [5, 5.41) is 8.44. The minimum absolute atomic E-state index is 0.0104. The summed E-state index contributed by atoms with van der Waals surface area (Å²) in [5.74, 6) is -0.542. The normalized spacial score (nSPS) is 10.4. The van der Waals surface area contributed by atoms with Crippen LogP contribution in [0.5, 0.6) is 0 Å². The summed E-state index contributed by atoms with van der Waals surface area (Å²) in [5.41, 5.74) is 5.27. The number of carbonyl (C=O) groups excluding carboxylic acids is 1. The van der Waals surface area contributed by atoms with Gasteiger partial charge in [0.2, 0.25) is 0 Å². The van der Waals surface area contributed by atoms with Crippen molar-refractivity contribution < 1.29 is 14.6 Å². The number of imidazole rings is 1. The van der Waals surface area contributed by atoms with E-state index in [1.54, 1.807) is 10.8 Å². The van der Waals surface area contributed by atoms with Gasteiger partial charge in [-0.05, 0) is 0 Å². The highest BCUT2D eigenvalue weighted by Gasteiger charge is 2.03. The number of amides is 1. The van der Waals surface area contributed by atoms with Gasteiger partial charge in [-0.2, -0.15) is 0 Å². The molecule has 0 atom stereocenters. The fraction of sp³-hybridized carbons (Fsp3) is 0.500. The molecule has 0 spiro atoms. The Hall–Kier alpha value is -1.40. The van der Waals surface area contributed by atoms with Crippen LogP contribution in [-0.2, 0) is 11.3 Å². The third-order valence-electron chi connectivity index (χ3n) is 1.62. The van der Waals surface area contributed by atoms with Gasteiger partial charge in [-0.3, -0.25) is 4.79 Å². The summed E-state index contributed by atoms with van der Waals surface area (Å²) in [7, 11) is 0. The maximum Gasteiger partial charge on any atom is 0.268 e. The Labute approximate surface area is 81.3 Å². The molecule has 1 amide bonds. The summed E-state index contributed by atoms with van der Waals surface area (Å²) in [6, 6.07) is 0. The quantitative estimate of drug-likeness (QED) is 0.574. The highest BCUT2D eigenvalue weighted by molar-refractivity contribution is 5.90. The van der Waals surface area contributed by atoms with Crippen molar-refractivity contribution in [3.05, 3.63) is 18.2 Å². The zero-order valence-corrected chi connectivity index (χ0v) is 7.72. The van der Waals surface area contributed by atoms with Crippen molar-refractivity contribution >= 4 is 5.91 Å². The number of rotatable bonds is 6. The van der Waals surface area contributed by atoms with Crippen LogP contribution in [0, 0.1) is 0 Å². The second kappa shape index (κ2) is 5.36. The molecule has 6 nitrogen and oxygen atoms in total. The van der Waals surface area contributed by atoms with Crippen LogP contribution in [0.2, 0.25) is 0 Å². The van der Waals surface area contributed by atoms with E-state index < -0.39 is 5.91 Å². The molecule has 0 aliphatic carbocycles. The number of nitrogens with zero attached hydrogens (tertiary/aromatic N) is 2. The van der Waals surface area contributed by atoms with Crippen LogP contribution >= 0.6 is 0 Å². The molecule has 1 aromatic rings. The number of ether oxygens (including phenoxy) is 1. The SMILES string of the molecule is NC(=O)c1cn(CCOCCO)cn1. The topological polar surface area (TPSA) is 90.4 Å². The predicted molar refractivity (Wildman–Crippen MR) is 48.6 cm³/mol. The number of nitrogens with two attached hydrogens (primary N) is 1. The Morgan fingerprint density at radius 2 is 2.43 bits per heavy atom. The largest absolute Gasteiger partial charge is 0.394 e. The molecule has 1 rings (SSSR count). The molecule has 0 aromatic carbocycles. The Morgan fingerprint density at radius 3 is 3.00 bits per heavy atom. The van der Waals surface area contributed by atoms with Crippen molar-refractivity contribution in [1.82, 2.24) is 9.55 Å². The van der Waals surface area contributed by atoms with Crippen LogP contribution in [-0.4, -0.2) is 40.4 Å². The van der Waals surface area contributed by atoms with Gasteiger partial charge < -0.3 is 20.1 Å². The molecule has 0 saturated heterocycles. The molecule has 3 N–H and O–H groups in total. The van der Waals surface area contributed by atoms with Crippen LogP contribution in [0.1, 0.15) is 10.5 Å². The van der Waals surface area contributed by atoms with Crippen molar-refractivity contribution in [2.45, 2.75) is 6.54 Å². The first kappa shape index (κ1) is 10.7. The summed E-state index contributed by atoms with van der Waals surface area (Å²) < 4.78 is 6.75. The molecule has 14 heavy (non-hydrogen) atoms. The fourth-order valence-corrected chi connectivity index (χ4v) is 0.946. The molecular formula is C8H13N3O3. The van der Waals surface area contributed by atoms with Crippen molar-refractivity contribution in [3.8, 4) is 0 Å². The third kappa shape index (κ3) is 3.15.